The summed E-state index contributed by atoms with van der Waals surface area (Å²) in [7, 11) is -3.97. The molecule has 0 spiro atoms. The lowest BCUT2D eigenvalue weighted by Gasteiger charge is -2.26. The molecule has 1 N–H and O–H groups in total. The van der Waals surface area contributed by atoms with Crippen molar-refractivity contribution < 1.29 is 17.6 Å². The zero-order chi connectivity index (χ0) is 22.0. The van der Waals surface area contributed by atoms with Crippen molar-refractivity contribution in [2.24, 2.45) is 0 Å². The van der Waals surface area contributed by atoms with Crippen molar-refractivity contribution in [3.8, 4) is 0 Å². The van der Waals surface area contributed by atoms with E-state index < -0.39 is 26.6 Å². The zero-order valence-corrected chi connectivity index (χ0v) is 18.5. The van der Waals surface area contributed by atoms with Gasteiger partial charge in [0.25, 0.3) is 5.91 Å². The summed E-state index contributed by atoms with van der Waals surface area (Å²) in [5.41, 5.74) is 2.95. The van der Waals surface area contributed by atoms with Gasteiger partial charge in [-0.2, -0.15) is 4.31 Å². The number of rotatable bonds is 5. The highest BCUT2D eigenvalue weighted by Gasteiger charge is 2.29. The van der Waals surface area contributed by atoms with Crippen LogP contribution in [0, 0.1) is 12.7 Å². The van der Waals surface area contributed by atoms with Crippen LogP contribution in [0.4, 0.5) is 15.8 Å². The average molecular weight is 446 g/mol. The van der Waals surface area contributed by atoms with Crippen LogP contribution in [0.2, 0.25) is 0 Å². The number of carbonyl (C=O) groups excluding carboxylic acids is 1. The van der Waals surface area contributed by atoms with Gasteiger partial charge in [-0.05, 0) is 74.6 Å². The van der Waals surface area contributed by atoms with E-state index in [-0.39, 0.29) is 5.56 Å². The van der Waals surface area contributed by atoms with Crippen LogP contribution in [0.15, 0.2) is 41.3 Å². The highest BCUT2D eigenvalue weighted by molar-refractivity contribution is 7.89. The maximum atomic E-state index is 14.4. The van der Waals surface area contributed by atoms with Crippen LogP contribution in [0.25, 0.3) is 0 Å². The Morgan fingerprint density at radius 2 is 1.61 bits per heavy atom. The summed E-state index contributed by atoms with van der Waals surface area (Å²) in [5.74, 6) is -1.31. The summed E-state index contributed by atoms with van der Waals surface area (Å²) in [6.45, 7) is 4.83. The molecule has 4 rings (SSSR count). The summed E-state index contributed by atoms with van der Waals surface area (Å²) in [5, 5.41) is 2.81. The minimum atomic E-state index is -3.97. The molecule has 0 unspecified atom stereocenters. The Kier molecular flexibility index (Phi) is 6.29. The quantitative estimate of drug-likeness (QED) is 0.750. The van der Waals surface area contributed by atoms with Crippen LogP contribution in [-0.2, 0) is 10.0 Å². The van der Waals surface area contributed by atoms with Crippen LogP contribution in [-0.4, -0.2) is 44.8 Å². The van der Waals surface area contributed by atoms with E-state index in [0.717, 1.165) is 55.7 Å². The largest absolute Gasteiger partial charge is 0.371 e. The number of benzene rings is 2. The molecular weight excluding hydrogens is 417 g/mol. The van der Waals surface area contributed by atoms with Crippen molar-refractivity contribution in [1.29, 1.82) is 0 Å². The van der Waals surface area contributed by atoms with Gasteiger partial charge in [-0.3, -0.25) is 4.79 Å². The van der Waals surface area contributed by atoms with E-state index in [9.17, 15) is 17.6 Å². The lowest BCUT2D eigenvalue weighted by atomic mass is 10.1. The van der Waals surface area contributed by atoms with E-state index in [2.05, 4.69) is 10.2 Å². The van der Waals surface area contributed by atoms with Crippen molar-refractivity contribution >= 4 is 27.3 Å². The Balaban J connectivity index is 1.54. The van der Waals surface area contributed by atoms with Gasteiger partial charge in [0.05, 0.1) is 0 Å². The fourth-order valence-corrected chi connectivity index (χ4v) is 5.94. The second kappa shape index (κ2) is 8.96. The zero-order valence-electron chi connectivity index (χ0n) is 17.7. The molecule has 2 saturated heterocycles. The molecule has 0 aromatic heterocycles. The van der Waals surface area contributed by atoms with Gasteiger partial charge in [-0.1, -0.05) is 6.42 Å². The van der Waals surface area contributed by atoms with Crippen molar-refractivity contribution in [3.05, 3.63) is 53.3 Å². The first kappa shape index (κ1) is 21.8. The number of anilines is 2. The molecule has 2 aromatic carbocycles. The summed E-state index contributed by atoms with van der Waals surface area (Å²) in [6.07, 6.45) is 4.85. The second-order valence-corrected chi connectivity index (χ2v) is 10.2. The molecule has 1 amide bonds. The van der Waals surface area contributed by atoms with Crippen LogP contribution in [0.1, 0.15) is 48.0 Å². The van der Waals surface area contributed by atoms with Gasteiger partial charge in [-0.15, -0.1) is 0 Å². The first-order chi connectivity index (χ1) is 14.9. The Bertz CT molecular complexity index is 1080. The number of piperidine rings is 1. The number of hydrogen-bond donors (Lipinski definition) is 1. The van der Waals surface area contributed by atoms with Gasteiger partial charge in [0.2, 0.25) is 10.0 Å². The molecule has 166 valence electrons. The van der Waals surface area contributed by atoms with Crippen LogP contribution in [0.3, 0.4) is 0 Å². The fraction of sp³-hybridized carbons (Fsp3) is 0.435. The molecule has 2 aromatic rings. The number of carbonyl (C=O) groups is 1. The number of nitrogens with zero attached hydrogens (tertiary/aromatic N) is 2. The van der Waals surface area contributed by atoms with Crippen molar-refractivity contribution in [2.45, 2.75) is 43.9 Å². The Hall–Kier alpha value is -2.45. The molecule has 0 bridgehead atoms. The van der Waals surface area contributed by atoms with E-state index >= 15 is 0 Å². The van der Waals surface area contributed by atoms with Gasteiger partial charge in [0, 0.05) is 43.1 Å². The second-order valence-electron chi connectivity index (χ2n) is 8.26. The van der Waals surface area contributed by atoms with E-state index in [1.165, 1.54) is 23.2 Å². The number of nitrogens with one attached hydrogen (secondary N) is 1. The average Bonchev–Trinajstić information content (AvgIpc) is 3.29. The molecule has 8 heteroatoms. The molecule has 31 heavy (non-hydrogen) atoms. The standard InChI is InChI=1S/C23H28FN3O3S/c1-17-15-19(8-10-21(17)26-11-5-6-12-26)25-23(28)18-7-9-20(24)22(16-18)31(29,30)27-13-3-2-4-14-27/h7-10,15-16H,2-6,11-14H2,1H3,(H,25,28). The summed E-state index contributed by atoms with van der Waals surface area (Å²) >= 11 is 0. The third-order valence-corrected chi connectivity index (χ3v) is 7.94. The Labute approximate surface area is 183 Å². The molecule has 2 fully saturated rings. The van der Waals surface area contributed by atoms with E-state index in [4.69, 9.17) is 0 Å². The smallest absolute Gasteiger partial charge is 0.255 e. The van der Waals surface area contributed by atoms with Gasteiger partial charge >= 0.3 is 0 Å². The first-order valence-corrected chi connectivity index (χ1v) is 12.3. The minimum Gasteiger partial charge on any atom is -0.371 e. The molecular formula is C23H28FN3O3S. The predicted molar refractivity (Wildman–Crippen MR) is 120 cm³/mol. The highest BCUT2D eigenvalue weighted by Crippen LogP contribution is 2.28. The molecule has 2 aliphatic rings. The Morgan fingerprint density at radius 3 is 2.29 bits per heavy atom. The van der Waals surface area contributed by atoms with Crippen molar-refractivity contribution in [1.82, 2.24) is 4.31 Å². The van der Waals surface area contributed by atoms with Gasteiger partial charge in [0.1, 0.15) is 10.7 Å². The van der Waals surface area contributed by atoms with Crippen LogP contribution >= 0.6 is 0 Å². The fourth-order valence-electron chi connectivity index (χ4n) is 4.34. The SMILES string of the molecule is Cc1cc(NC(=O)c2ccc(F)c(S(=O)(=O)N3CCCCC3)c2)ccc1N1CCCC1. The number of hydrogen-bond acceptors (Lipinski definition) is 4. The van der Waals surface area contributed by atoms with Crippen LogP contribution < -0.4 is 10.2 Å². The molecule has 2 aliphatic heterocycles. The molecule has 0 saturated carbocycles. The maximum absolute atomic E-state index is 14.4. The number of sulfonamides is 1. The lowest BCUT2D eigenvalue weighted by molar-refractivity contribution is 0.102. The summed E-state index contributed by atoms with van der Waals surface area (Å²) in [6, 6.07) is 9.24. The van der Waals surface area contributed by atoms with Crippen LogP contribution in [0.5, 0.6) is 0 Å². The normalized spacial score (nSPS) is 17.7. The third-order valence-electron chi connectivity index (χ3n) is 6.03. The van der Waals surface area contributed by atoms with E-state index in [1.54, 1.807) is 0 Å². The summed E-state index contributed by atoms with van der Waals surface area (Å²) < 4.78 is 41.5. The van der Waals surface area contributed by atoms with E-state index in [0.29, 0.717) is 18.8 Å². The number of aryl methyl sites for hydroxylation is 1. The monoisotopic (exact) mass is 445 g/mol. The molecule has 6 nitrogen and oxygen atoms in total. The molecule has 0 aliphatic carbocycles. The number of halogens is 1. The Morgan fingerprint density at radius 1 is 0.935 bits per heavy atom. The molecule has 0 radical (unpaired) electrons. The van der Waals surface area contributed by atoms with Gasteiger partial charge < -0.3 is 10.2 Å². The minimum absolute atomic E-state index is 0.109. The third kappa shape index (κ3) is 4.60. The topological polar surface area (TPSA) is 69.7 Å². The van der Waals surface area contributed by atoms with Gasteiger partial charge in [0.15, 0.2) is 0 Å². The maximum Gasteiger partial charge on any atom is 0.255 e. The van der Waals surface area contributed by atoms with Gasteiger partial charge in [-0.25, -0.2) is 12.8 Å². The van der Waals surface area contributed by atoms with Crippen molar-refractivity contribution in [3.63, 3.8) is 0 Å². The van der Waals surface area contributed by atoms with E-state index in [1.807, 2.05) is 25.1 Å². The molecule has 2 heterocycles. The summed E-state index contributed by atoms with van der Waals surface area (Å²) in [4.78, 5) is 14.7. The predicted octanol–water partition coefficient (Wildman–Crippen LogP) is 4.16. The lowest BCUT2D eigenvalue weighted by Crippen LogP contribution is -2.36. The first-order valence-electron chi connectivity index (χ1n) is 10.8. The highest BCUT2D eigenvalue weighted by atomic mass is 32.2. The molecule has 0 atom stereocenters. The number of amides is 1. The van der Waals surface area contributed by atoms with Crippen molar-refractivity contribution in [2.75, 3.05) is 36.4 Å².